The van der Waals surface area contributed by atoms with E-state index in [-0.39, 0.29) is 11.2 Å². The first-order chi connectivity index (χ1) is 7.92. The zero-order valence-electron chi connectivity index (χ0n) is 10.4. The highest BCUT2D eigenvalue weighted by Gasteiger charge is 2.41. The third-order valence-electron chi connectivity index (χ3n) is 3.18. The van der Waals surface area contributed by atoms with Crippen LogP contribution < -0.4 is 9.47 Å². The molecule has 92 valence electrons. The number of carbonyl (C=O) groups excluding carboxylic acids is 1. The highest BCUT2D eigenvalue weighted by atomic mass is 79.9. The lowest BCUT2D eigenvalue weighted by molar-refractivity contribution is 0.0976. The number of hydrogen-bond donors (Lipinski definition) is 0. The molecule has 0 spiro atoms. The predicted octanol–water partition coefficient (Wildman–Crippen LogP) is 3.33. The molecule has 0 radical (unpaired) electrons. The third-order valence-corrected chi connectivity index (χ3v) is 3.81. The molecule has 2 rings (SSSR count). The minimum atomic E-state index is -0.162. The van der Waals surface area contributed by atoms with E-state index in [2.05, 4.69) is 29.8 Å². The highest BCUT2D eigenvalue weighted by Crippen LogP contribution is 2.49. The van der Waals surface area contributed by atoms with Gasteiger partial charge in [0.2, 0.25) is 0 Å². The maximum Gasteiger partial charge on any atom is 0.171 e. The second kappa shape index (κ2) is 4.02. The summed E-state index contributed by atoms with van der Waals surface area (Å²) in [4.78, 5) is 12.1. The van der Waals surface area contributed by atoms with Crippen LogP contribution in [-0.4, -0.2) is 20.0 Å². The normalized spacial score (nSPS) is 16.9. The van der Waals surface area contributed by atoms with Gasteiger partial charge in [-0.25, -0.2) is 0 Å². The zero-order valence-corrected chi connectivity index (χ0v) is 12.0. The number of ketones is 1. The fourth-order valence-electron chi connectivity index (χ4n) is 2.47. The Morgan fingerprint density at radius 1 is 1.29 bits per heavy atom. The molecule has 0 N–H and O–H groups in total. The summed E-state index contributed by atoms with van der Waals surface area (Å²) in [6.45, 7) is 4.13. The van der Waals surface area contributed by atoms with Gasteiger partial charge in [0, 0.05) is 10.9 Å². The van der Waals surface area contributed by atoms with E-state index in [1.807, 2.05) is 6.07 Å². The molecule has 0 aromatic heterocycles. The van der Waals surface area contributed by atoms with Crippen LogP contribution in [0, 0.1) is 0 Å². The van der Waals surface area contributed by atoms with E-state index in [1.54, 1.807) is 14.2 Å². The van der Waals surface area contributed by atoms with E-state index in [0.29, 0.717) is 23.5 Å². The van der Waals surface area contributed by atoms with Gasteiger partial charge < -0.3 is 9.47 Å². The third kappa shape index (κ3) is 1.75. The van der Waals surface area contributed by atoms with Crippen molar-refractivity contribution in [1.29, 1.82) is 0 Å². The fourth-order valence-corrected chi connectivity index (χ4v) is 3.41. The Hall–Kier alpha value is -1.03. The van der Waals surface area contributed by atoms with E-state index in [0.717, 1.165) is 10.0 Å². The number of carbonyl (C=O) groups is 1. The van der Waals surface area contributed by atoms with Crippen molar-refractivity contribution in [2.24, 2.45) is 0 Å². The molecule has 0 amide bonds. The van der Waals surface area contributed by atoms with Crippen molar-refractivity contribution < 1.29 is 14.3 Å². The summed E-state index contributed by atoms with van der Waals surface area (Å²) >= 11 is 3.52. The summed E-state index contributed by atoms with van der Waals surface area (Å²) in [6.07, 6.45) is 0.504. The topological polar surface area (TPSA) is 35.5 Å². The SMILES string of the molecule is COc1cc(Br)c2c(c1OC)C(=O)CC2(C)C. The first-order valence-corrected chi connectivity index (χ1v) is 6.20. The monoisotopic (exact) mass is 298 g/mol. The van der Waals surface area contributed by atoms with E-state index in [4.69, 9.17) is 9.47 Å². The summed E-state index contributed by atoms with van der Waals surface area (Å²) in [5.74, 6) is 1.24. The first-order valence-electron chi connectivity index (χ1n) is 5.40. The second-order valence-electron chi connectivity index (χ2n) is 4.83. The Balaban J connectivity index is 2.80. The van der Waals surface area contributed by atoms with Gasteiger partial charge in [0.05, 0.1) is 19.8 Å². The van der Waals surface area contributed by atoms with E-state index < -0.39 is 0 Å². The zero-order chi connectivity index (χ0) is 12.8. The van der Waals surface area contributed by atoms with Crippen molar-refractivity contribution >= 4 is 21.7 Å². The van der Waals surface area contributed by atoms with Crippen molar-refractivity contribution in [3.8, 4) is 11.5 Å². The van der Waals surface area contributed by atoms with Gasteiger partial charge in [-0.1, -0.05) is 29.8 Å². The predicted molar refractivity (Wildman–Crippen MR) is 69.2 cm³/mol. The first kappa shape index (κ1) is 12.4. The maximum atomic E-state index is 12.1. The Kier molecular flexibility index (Phi) is 2.94. The Labute approximate surface area is 109 Å². The molecule has 0 heterocycles. The van der Waals surface area contributed by atoms with Crippen LogP contribution in [0.15, 0.2) is 10.5 Å². The molecule has 1 aliphatic rings. The van der Waals surface area contributed by atoms with Crippen LogP contribution in [0.3, 0.4) is 0 Å². The standard InChI is InChI=1S/C13H15BrO3/c1-13(2)6-8(15)10-11(13)7(14)5-9(16-3)12(10)17-4/h5H,6H2,1-4H3. The number of ether oxygens (including phenoxy) is 2. The van der Waals surface area contributed by atoms with Crippen LogP contribution >= 0.6 is 15.9 Å². The van der Waals surface area contributed by atoms with Crippen molar-refractivity contribution in [3.63, 3.8) is 0 Å². The Morgan fingerprint density at radius 3 is 2.47 bits per heavy atom. The van der Waals surface area contributed by atoms with Crippen LogP contribution in [0.2, 0.25) is 0 Å². The lowest BCUT2D eigenvalue weighted by Crippen LogP contribution is -2.13. The van der Waals surface area contributed by atoms with Crippen LogP contribution in [0.25, 0.3) is 0 Å². The average molecular weight is 299 g/mol. The van der Waals surface area contributed by atoms with Gasteiger partial charge in [0.25, 0.3) is 0 Å². The average Bonchev–Trinajstić information content (AvgIpc) is 2.49. The summed E-state index contributed by atoms with van der Waals surface area (Å²) in [7, 11) is 3.13. The minimum absolute atomic E-state index is 0.112. The van der Waals surface area contributed by atoms with Gasteiger partial charge in [0.1, 0.15) is 0 Å². The van der Waals surface area contributed by atoms with Crippen molar-refractivity contribution in [3.05, 3.63) is 21.7 Å². The Bertz CT molecular complexity index is 492. The molecular formula is C13H15BrO3. The maximum absolute atomic E-state index is 12.1. The molecule has 1 aromatic rings. The van der Waals surface area contributed by atoms with E-state index >= 15 is 0 Å². The van der Waals surface area contributed by atoms with Crippen LogP contribution in [0.4, 0.5) is 0 Å². The molecule has 0 atom stereocenters. The number of halogens is 1. The molecule has 0 unspecified atom stereocenters. The summed E-state index contributed by atoms with van der Waals surface area (Å²) < 4.78 is 11.5. The lowest BCUT2D eigenvalue weighted by atomic mass is 9.86. The summed E-state index contributed by atoms with van der Waals surface area (Å²) in [5, 5.41) is 0. The van der Waals surface area contributed by atoms with Crippen molar-refractivity contribution in [2.45, 2.75) is 25.7 Å². The largest absolute Gasteiger partial charge is 0.493 e. The van der Waals surface area contributed by atoms with Gasteiger partial charge in [0.15, 0.2) is 17.3 Å². The van der Waals surface area contributed by atoms with Gasteiger partial charge >= 0.3 is 0 Å². The molecule has 1 aromatic carbocycles. The summed E-state index contributed by atoms with van der Waals surface area (Å²) in [5.41, 5.74) is 1.51. The molecule has 17 heavy (non-hydrogen) atoms. The Morgan fingerprint density at radius 2 is 1.94 bits per heavy atom. The van der Waals surface area contributed by atoms with Crippen molar-refractivity contribution in [2.75, 3.05) is 14.2 Å². The smallest absolute Gasteiger partial charge is 0.171 e. The summed E-state index contributed by atoms with van der Waals surface area (Å²) in [6, 6.07) is 1.86. The van der Waals surface area contributed by atoms with Crippen LogP contribution in [0.5, 0.6) is 11.5 Å². The second-order valence-corrected chi connectivity index (χ2v) is 5.68. The van der Waals surface area contributed by atoms with Gasteiger partial charge in [-0.15, -0.1) is 0 Å². The molecular weight excluding hydrogens is 284 g/mol. The van der Waals surface area contributed by atoms with Gasteiger partial charge in [-0.2, -0.15) is 0 Å². The number of fused-ring (bicyclic) bond motifs is 1. The molecule has 4 heteroatoms. The van der Waals surface area contributed by atoms with E-state index in [9.17, 15) is 4.79 Å². The molecule has 3 nitrogen and oxygen atoms in total. The van der Waals surface area contributed by atoms with Gasteiger partial charge in [-0.3, -0.25) is 4.79 Å². The van der Waals surface area contributed by atoms with Gasteiger partial charge in [-0.05, 0) is 17.0 Å². The lowest BCUT2D eigenvalue weighted by Gasteiger charge is -2.21. The van der Waals surface area contributed by atoms with Crippen LogP contribution in [0.1, 0.15) is 36.2 Å². The molecule has 1 aliphatic carbocycles. The molecule has 0 saturated heterocycles. The fraction of sp³-hybridized carbons (Fsp3) is 0.462. The molecule has 0 aliphatic heterocycles. The number of hydrogen-bond acceptors (Lipinski definition) is 3. The number of rotatable bonds is 2. The minimum Gasteiger partial charge on any atom is -0.493 e. The molecule has 0 saturated carbocycles. The molecule has 0 bridgehead atoms. The number of benzene rings is 1. The quantitative estimate of drug-likeness (QED) is 0.840. The number of Topliss-reactive ketones (excluding diaryl/α,β-unsaturated/α-hetero) is 1. The number of methoxy groups -OCH3 is 2. The van der Waals surface area contributed by atoms with E-state index in [1.165, 1.54) is 0 Å². The van der Waals surface area contributed by atoms with Crippen LogP contribution in [-0.2, 0) is 5.41 Å². The molecule has 0 fully saturated rings. The highest BCUT2D eigenvalue weighted by molar-refractivity contribution is 9.10. The van der Waals surface area contributed by atoms with Crippen molar-refractivity contribution in [1.82, 2.24) is 0 Å².